The molecule has 0 bridgehead atoms. The van der Waals surface area contributed by atoms with Crippen LogP contribution in [0.1, 0.15) is 13.8 Å². The van der Waals surface area contributed by atoms with Gasteiger partial charge in [0.05, 0.1) is 12.4 Å². The van der Waals surface area contributed by atoms with Gasteiger partial charge in [0.2, 0.25) is 5.91 Å². The molecule has 1 aromatic carbocycles. The number of piperazine rings is 1. The largest absolute Gasteiger partial charge is 0.497 e. The van der Waals surface area contributed by atoms with Gasteiger partial charge in [0.1, 0.15) is 5.75 Å². The normalized spacial score (nSPS) is 16.5. The first-order valence-electron chi connectivity index (χ1n) is 8.98. The van der Waals surface area contributed by atoms with Gasteiger partial charge < -0.3 is 14.5 Å². The molecule has 6 nitrogen and oxygen atoms in total. The van der Waals surface area contributed by atoms with E-state index >= 15 is 0 Å². The second-order valence-electron chi connectivity index (χ2n) is 6.30. The number of thioether (sulfide) groups is 1. The predicted octanol–water partition coefficient (Wildman–Crippen LogP) is 2.53. The molecule has 140 valence electrons. The van der Waals surface area contributed by atoms with Crippen LogP contribution in [-0.2, 0) is 4.79 Å². The SMILES string of the molecule is CCN1CCN(C(=O)C(C)Sc2nccn2-c2ccc(OC)cc2)CC1. The molecule has 2 aromatic rings. The van der Waals surface area contributed by atoms with Crippen molar-refractivity contribution in [3.05, 3.63) is 36.7 Å². The van der Waals surface area contributed by atoms with Crippen LogP contribution in [0.5, 0.6) is 5.75 Å². The molecule has 0 radical (unpaired) electrons. The highest BCUT2D eigenvalue weighted by molar-refractivity contribution is 8.00. The Hall–Kier alpha value is -1.99. The Bertz CT molecular complexity index is 723. The first-order chi connectivity index (χ1) is 12.6. The molecule has 0 N–H and O–H groups in total. The summed E-state index contributed by atoms with van der Waals surface area (Å²) in [5.41, 5.74) is 1.00. The number of ether oxygens (including phenoxy) is 1. The fourth-order valence-electron chi connectivity index (χ4n) is 3.07. The quantitative estimate of drug-likeness (QED) is 0.727. The number of hydrogen-bond acceptors (Lipinski definition) is 5. The summed E-state index contributed by atoms with van der Waals surface area (Å²) in [6, 6.07) is 7.82. The maximum Gasteiger partial charge on any atom is 0.235 e. The number of imidazole rings is 1. The van der Waals surface area contributed by atoms with Crippen LogP contribution in [0, 0.1) is 0 Å². The zero-order valence-electron chi connectivity index (χ0n) is 15.6. The number of benzene rings is 1. The molecule has 1 unspecified atom stereocenters. The molecule has 1 fully saturated rings. The molecule has 1 aromatic heterocycles. The molecule has 1 aliphatic heterocycles. The minimum absolute atomic E-state index is 0.164. The highest BCUT2D eigenvalue weighted by Crippen LogP contribution is 2.26. The highest BCUT2D eigenvalue weighted by Gasteiger charge is 2.26. The number of amides is 1. The topological polar surface area (TPSA) is 50.6 Å². The molecular formula is C19H26N4O2S. The Morgan fingerprint density at radius 2 is 1.92 bits per heavy atom. The molecule has 0 aliphatic carbocycles. The Labute approximate surface area is 159 Å². The van der Waals surface area contributed by atoms with Crippen molar-refractivity contribution in [1.29, 1.82) is 0 Å². The average Bonchev–Trinajstić information content (AvgIpc) is 3.15. The summed E-state index contributed by atoms with van der Waals surface area (Å²) in [5.74, 6) is 1.01. The molecule has 1 saturated heterocycles. The number of carbonyl (C=O) groups excluding carboxylic acids is 1. The lowest BCUT2D eigenvalue weighted by Crippen LogP contribution is -2.50. The summed E-state index contributed by atoms with van der Waals surface area (Å²) >= 11 is 1.51. The van der Waals surface area contributed by atoms with Gasteiger partial charge in [-0.05, 0) is 37.7 Å². The highest BCUT2D eigenvalue weighted by atomic mass is 32.2. The second-order valence-corrected chi connectivity index (χ2v) is 7.61. The molecule has 0 spiro atoms. The second kappa shape index (κ2) is 8.60. The fraction of sp³-hybridized carbons (Fsp3) is 0.474. The Balaban J connectivity index is 1.65. The van der Waals surface area contributed by atoms with E-state index in [1.54, 1.807) is 13.3 Å². The maximum absolute atomic E-state index is 12.8. The first-order valence-corrected chi connectivity index (χ1v) is 9.86. The number of rotatable bonds is 6. The predicted molar refractivity (Wildman–Crippen MR) is 104 cm³/mol. The first kappa shape index (κ1) is 18.8. The van der Waals surface area contributed by atoms with Gasteiger partial charge in [0.15, 0.2) is 5.16 Å². The molecule has 1 amide bonds. The minimum Gasteiger partial charge on any atom is -0.497 e. The van der Waals surface area contributed by atoms with Crippen LogP contribution in [0.15, 0.2) is 41.8 Å². The number of methoxy groups -OCH3 is 1. The van der Waals surface area contributed by atoms with Crippen LogP contribution in [-0.4, -0.2) is 70.3 Å². The number of nitrogens with zero attached hydrogens (tertiary/aromatic N) is 4. The van der Waals surface area contributed by atoms with Crippen LogP contribution in [0.4, 0.5) is 0 Å². The molecule has 26 heavy (non-hydrogen) atoms. The smallest absolute Gasteiger partial charge is 0.235 e. The third-order valence-electron chi connectivity index (χ3n) is 4.72. The zero-order chi connectivity index (χ0) is 18.5. The fourth-order valence-corrected chi connectivity index (χ4v) is 4.03. The van der Waals surface area contributed by atoms with E-state index in [1.165, 1.54) is 11.8 Å². The van der Waals surface area contributed by atoms with Gasteiger partial charge in [-0.1, -0.05) is 18.7 Å². The summed E-state index contributed by atoms with van der Waals surface area (Å²) < 4.78 is 7.21. The van der Waals surface area contributed by atoms with E-state index in [1.807, 2.05) is 46.9 Å². The van der Waals surface area contributed by atoms with E-state index < -0.39 is 0 Å². The summed E-state index contributed by atoms with van der Waals surface area (Å²) in [7, 11) is 1.65. The van der Waals surface area contributed by atoms with Gasteiger partial charge in [-0.15, -0.1) is 0 Å². The van der Waals surface area contributed by atoms with Crippen LogP contribution < -0.4 is 4.74 Å². The summed E-state index contributed by atoms with van der Waals surface area (Å²) in [5, 5.41) is 0.658. The van der Waals surface area contributed by atoms with Crippen molar-refractivity contribution in [2.75, 3.05) is 39.8 Å². The number of aromatic nitrogens is 2. The van der Waals surface area contributed by atoms with Gasteiger partial charge in [-0.3, -0.25) is 9.36 Å². The van der Waals surface area contributed by atoms with Gasteiger partial charge in [0, 0.05) is 44.3 Å². The van der Waals surface area contributed by atoms with Crippen LogP contribution >= 0.6 is 11.8 Å². The van der Waals surface area contributed by atoms with Crippen molar-refractivity contribution in [2.24, 2.45) is 0 Å². The summed E-state index contributed by atoms with van der Waals surface area (Å²) in [4.78, 5) is 21.6. The van der Waals surface area contributed by atoms with Gasteiger partial charge in [-0.25, -0.2) is 4.98 Å². The lowest BCUT2D eigenvalue weighted by Gasteiger charge is -2.35. The van der Waals surface area contributed by atoms with Crippen LogP contribution in [0.25, 0.3) is 5.69 Å². The van der Waals surface area contributed by atoms with Crippen molar-refractivity contribution < 1.29 is 9.53 Å². The molecular weight excluding hydrogens is 348 g/mol. The van der Waals surface area contributed by atoms with E-state index in [9.17, 15) is 4.79 Å². The van der Waals surface area contributed by atoms with E-state index in [4.69, 9.17) is 4.74 Å². The van der Waals surface area contributed by atoms with E-state index in [0.29, 0.717) is 0 Å². The molecule has 3 rings (SSSR count). The molecule has 0 saturated carbocycles. The van der Waals surface area contributed by atoms with Crippen molar-refractivity contribution >= 4 is 17.7 Å². The summed E-state index contributed by atoms with van der Waals surface area (Å²) in [6.07, 6.45) is 3.69. The lowest BCUT2D eigenvalue weighted by molar-refractivity contribution is -0.132. The molecule has 2 heterocycles. The summed E-state index contributed by atoms with van der Waals surface area (Å²) in [6.45, 7) is 8.71. The van der Waals surface area contributed by atoms with Gasteiger partial charge in [-0.2, -0.15) is 0 Å². The van der Waals surface area contributed by atoms with Crippen molar-refractivity contribution in [2.45, 2.75) is 24.3 Å². The third kappa shape index (κ3) is 4.22. The van der Waals surface area contributed by atoms with Crippen molar-refractivity contribution in [1.82, 2.24) is 19.4 Å². The van der Waals surface area contributed by atoms with Crippen LogP contribution in [0.3, 0.4) is 0 Å². The maximum atomic E-state index is 12.8. The van der Waals surface area contributed by atoms with Crippen molar-refractivity contribution in [3.8, 4) is 11.4 Å². The number of carbonyl (C=O) groups is 1. The molecule has 1 aliphatic rings. The van der Waals surface area contributed by atoms with E-state index in [0.717, 1.165) is 49.3 Å². The Morgan fingerprint density at radius 3 is 2.54 bits per heavy atom. The molecule has 7 heteroatoms. The van der Waals surface area contributed by atoms with Gasteiger partial charge >= 0.3 is 0 Å². The standard InChI is InChI=1S/C19H26N4O2S/c1-4-21-11-13-22(14-12-21)18(24)15(2)26-19-20-9-10-23(19)16-5-7-17(25-3)8-6-16/h5-10,15H,4,11-14H2,1-3H3. The Kier molecular flexibility index (Phi) is 6.21. The number of likely N-dealkylation sites (N-methyl/N-ethyl adjacent to an activating group) is 1. The minimum atomic E-state index is -0.164. The lowest BCUT2D eigenvalue weighted by atomic mass is 10.3. The van der Waals surface area contributed by atoms with Crippen molar-refractivity contribution in [3.63, 3.8) is 0 Å². The Morgan fingerprint density at radius 1 is 1.23 bits per heavy atom. The third-order valence-corrected chi connectivity index (χ3v) is 5.79. The molecule has 1 atom stereocenters. The zero-order valence-corrected chi connectivity index (χ0v) is 16.4. The van der Waals surface area contributed by atoms with Crippen LogP contribution in [0.2, 0.25) is 0 Å². The van der Waals surface area contributed by atoms with E-state index in [-0.39, 0.29) is 11.2 Å². The number of hydrogen-bond donors (Lipinski definition) is 0. The van der Waals surface area contributed by atoms with E-state index in [2.05, 4.69) is 16.8 Å². The average molecular weight is 375 g/mol. The monoisotopic (exact) mass is 374 g/mol. The van der Waals surface area contributed by atoms with Gasteiger partial charge in [0.25, 0.3) is 0 Å².